The third kappa shape index (κ3) is 3.95. The quantitative estimate of drug-likeness (QED) is 0.606. The van der Waals surface area contributed by atoms with Gasteiger partial charge in [0.05, 0.1) is 16.4 Å². The number of non-ortho nitro benzene ring substituents is 1. The summed E-state index contributed by atoms with van der Waals surface area (Å²) in [4.78, 5) is 36.2. The zero-order valence-corrected chi connectivity index (χ0v) is 15.1. The highest BCUT2D eigenvalue weighted by molar-refractivity contribution is 5.83. The number of benzene rings is 2. The van der Waals surface area contributed by atoms with Gasteiger partial charge >= 0.3 is 5.97 Å². The van der Waals surface area contributed by atoms with Crippen LogP contribution in [0.5, 0.6) is 5.75 Å². The second-order valence-electron chi connectivity index (χ2n) is 6.68. The van der Waals surface area contributed by atoms with Crippen LogP contribution in [0.15, 0.2) is 54.6 Å². The summed E-state index contributed by atoms with van der Waals surface area (Å²) in [5, 5.41) is 20.6. The molecule has 1 fully saturated rings. The van der Waals surface area contributed by atoms with E-state index in [1.54, 1.807) is 23.1 Å². The topological polar surface area (TPSA) is 110 Å². The Balaban J connectivity index is 1.61. The first-order valence-corrected chi connectivity index (χ1v) is 8.86. The number of rotatable bonds is 6. The average Bonchev–Trinajstić information content (AvgIpc) is 2.72. The number of hydrogen-bond acceptors (Lipinski definition) is 5. The van der Waals surface area contributed by atoms with Crippen LogP contribution >= 0.6 is 0 Å². The largest absolute Gasteiger partial charge is 0.484 e. The Morgan fingerprint density at radius 3 is 2.39 bits per heavy atom. The van der Waals surface area contributed by atoms with Crippen molar-refractivity contribution in [3.63, 3.8) is 0 Å². The van der Waals surface area contributed by atoms with Crippen LogP contribution in [0, 0.1) is 10.1 Å². The van der Waals surface area contributed by atoms with E-state index < -0.39 is 16.3 Å². The van der Waals surface area contributed by atoms with E-state index in [1.807, 2.05) is 18.2 Å². The third-order valence-electron chi connectivity index (χ3n) is 5.10. The molecule has 1 saturated heterocycles. The molecular formula is C20H20N2O6. The van der Waals surface area contributed by atoms with E-state index in [1.165, 1.54) is 18.2 Å². The lowest BCUT2D eigenvalue weighted by Gasteiger charge is -2.39. The van der Waals surface area contributed by atoms with Crippen LogP contribution in [0.3, 0.4) is 0 Å². The van der Waals surface area contributed by atoms with Crippen LogP contribution in [0.4, 0.5) is 5.69 Å². The fourth-order valence-electron chi connectivity index (χ4n) is 3.44. The normalized spacial score (nSPS) is 15.6. The second-order valence-corrected chi connectivity index (χ2v) is 6.68. The molecule has 0 atom stereocenters. The molecule has 0 unspecified atom stereocenters. The minimum absolute atomic E-state index is 0.114. The maximum absolute atomic E-state index is 12.4. The number of nitro benzene ring substituents is 1. The molecule has 0 spiro atoms. The SMILES string of the molecule is O=C(COc1cccc([N+](=O)[O-])c1)N1CCC(C(=O)O)(c2ccccc2)CC1. The fraction of sp³-hybridized carbons (Fsp3) is 0.300. The van der Waals surface area contributed by atoms with Gasteiger partial charge in [0, 0.05) is 19.2 Å². The summed E-state index contributed by atoms with van der Waals surface area (Å²) in [5.41, 5.74) is -0.377. The highest BCUT2D eigenvalue weighted by atomic mass is 16.6. The van der Waals surface area contributed by atoms with E-state index in [4.69, 9.17) is 4.74 Å². The summed E-state index contributed by atoms with van der Waals surface area (Å²) in [6.45, 7) is 0.350. The Hall–Kier alpha value is -3.42. The number of piperidine rings is 1. The number of nitrogens with zero attached hydrogens (tertiary/aromatic N) is 2. The van der Waals surface area contributed by atoms with Crippen molar-refractivity contribution >= 4 is 17.6 Å². The molecule has 3 rings (SSSR count). The first-order valence-electron chi connectivity index (χ1n) is 8.86. The van der Waals surface area contributed by atoms with Gasteiger partial charge in [0.2, 0.25) is 0 Å². The lowest BCUT2D eigenvalue weighted by Crippen LogP contribution is -2.50. The molecule has 0 saturated carbocycles. The third-order valence-corrected chi connectivity index (χ3v) is 5.10. The number of hydrogen-bond donors (Lipinski definition) is 1. The second kappa shape index (κ2) is 8.08. The molecule has 1 aliphatic heterocycles. The molecule has 1 heterocycles. The van der Waals surface area contributed by atoms with Crippen LogP contribution in [-0.4, -0.2) is 46.5 Å². The van der Waals surface area contributed by atoms with Crippen LogP contribution in [0.1, 0.15) is 18.4 Å². The molecule has 1 aliphatic rings. The smallest absolute Gasteiger partial charge is 0.314 e. The number of carbonyl (C=O) groups is 2. The van der Waals surface area contributed by atoms with Gasteiger partial charge in [-0.25, -0.2) is 0 Å². The van der Waals surface area contributed by atoms with Crippen molar-refractivity contribution in [2.45, 2.75) is 18.3 Å². The summed E-state index contributed by atoms with van der Waals surface area (Å²) < 4.78 is 5.38. The minimum atomic E-state index is -1.00. The van der Waals surface area contributed by atoms with Crippen molar-refractivity contribution in [1.29, 1.82) is 0 Å². The van der Waals surface area contributed by atoms with Crippen LogP contribution in [0.25, 0.3) is 0 Å². The lowest BCUT2D eigenvalue weighted by molar-refractivity contribution is -0.384. The van der Waals surface area contributed by atoms with Crippen molar-refractivity contribution in [3.05, 3.63) is 70.3 Å². The Morgan fingerprint density at radius 2 is 1.79 bits per heavy atom. The summed E-state index contributed by atoms with van der Waals surface area (Å²) >= 11 is 0. The summed E-state index contributed by atoms with van der Waals surface area (Å²) in [7, 11) is 0. The average molecular weight is 384 g/mol. The van der Waals surface area contributed by atoms with Crippen LogP contribution < -0.4 is 4.74 Å². The Bertz CT molecular complexity index is 875. The molecule has 8 nitrogen and oxygen atoms in total. The van der Waals surface area contributed by atoms with E-state index in [-0.39, 0.29) is 24.0 Å². The molecule has 0 aromatic heterocycles. The molecule has 8 heteroatoms. The van der Waals surface area contributed by atoms with Crippen molar-refractivity contribution < 1.29 is 24.4 Å². The van der Waals surface area contributed by atoms with Gasteiger partial charge in [0.15, 0.2) is 6.61 Å². The van der Waals surface area contributed by atoms with Crippen LogP contribution in [0.2, 0.25) is 0 Å². The zero-order valence-electron chi connectivity index (χ0n) is 15.1. The fourth-order valence-corrected chi connectivity index (χ4v) is 3.44. The van der Waals surface area contributed by atoms with E-state index in [9.17, 15) is 24.8 Å². The zero-order chi connectivity index (χ0) is 20.1. The van der Waals surface area contributed by atoms with Gasteiger partial charge in [0.1, 0.15) is 5.75 Å². The molecule has 0 bridgehead atoms. The van der Waals surface area contributed by atoms with E-state index >= 15 is 0 Å². The van der Waals surface area contributed by atoms with Crippen molar-refractivity contribution in [2.24, 2.45) is 0 Å². The summed E-state index contributed by atoms with van der Waals surface area (Å²) in [6.07, 6.45) is 0.629. The van der Waals surface area contributed by atoms with E-state index in [0.717, 1.165) is 5.56 Å². The molecule has 28 heavy (non-hydrogen) atoms. The Morgan fingerprint density at radius 1 is 1.11 bits per heavy atom. The van der Waals surface area contributed by atoms with Gasteiger partial charge in [-0.2, -0.15) is 0 Å². The van der Waals surface area contributed by atoms with Crippen LogP contribution in [-0.2, 0) is 15.0 Å². The van der Waals surface area contributed by atoms with Gasteiger partial charge in [-0.1, -0.05) is 36.4 Å². The van der Waals surface area contributed by atoms with Gasteiger partial charge in [-0.05, 0) is 24.5 Å². The van der Waals surface area contributed by atoms with Gasteiger partial charge in [-0.3, -0.25) is 19.7 Å². The minimum Gasteiger partial charge on any atom is -0.484 e. The Labute approximate surface area is 161 Å². The first kappa shape index (κ1) is 19.3. The van der Waals surface area contributed by atoms with Crippen molar-refractivity contribution in [3.8, 4) is 5.75 Å². The highest BCUT2D eigenvalue weighted by Crippen LogP contribution is 2.36. The maximum atomic E-state index is 12.4. The predicted octanol–water partition coefficient (Wildman–Crippen LogP) is 2.62. The van der Waals surface area contributed by atoms with Gasteiger partial charge in [-0.15, -0.1) is 0 Å². The summed E-state index contributed by atoms with van der Waals surface area (Å²) in [5.74, 6) is -0.930. The summed E-state index contributed by atoms with van der Waals surface area (Å²) in [6, 6.07) is 14.7. The molecular weight excluding hydrogens is 364 g/mol. The van der Waals surface area contributed by atoms with Gasteiger partial charge in [0.25, 0.3) is 11.6 Å². The standard InChI is InChI=1S/C20H20N2O6/c23-18(14-28-17-8-4-7-16(13-17)22(26)27)21-11-9-20(10-12-21,19(24)25)15-5-2-1-3-6-15/h1-8,13H,9-12,14H2,(H,24,25). The van der Waals surface area contributed by atoms with Crippen molar-refractivity contribution in [1.82, 2.24) is 4.90 Å². The lowest BCUT2D eigenvalue weighted by atomic mass is 9.73. The predicted molar refractivity (Wildman–Crippen MR) is 100 cm³/mol. The molecule has 2 aromatic carbocycles. The highest BCUT2D eigenvalue weighted by Gasteiger charge is 2.43. The molecule has 146 valence electrons. The number of nitro groups is 1. The molecule has 2 aromatic rings. The van der Waals surface area contributed by atoms with E-state index in [0.29, 0.717) is 25.9 Å². The number of ether oxygens (including phenoxy) is 1. The first-order chi connectivity index (χ1) is 13.4. The number of carboxylic acids is 1. The van der Waals surface area contributed by atoms with Crippen molar-refractivity contribution in [2.75, 3.05) is 19.7 Å². The molecule has 0 radical (unpaired) electrons. The molecule has 0 aliphatic carbocycles. The number of carboxylic acid groups (broad SMARTS) is 1. The molecule has 1 N–H and O–H groups in total. The number of likely N-dealkylation sites (tertiary alicyclic amines) is 1. The maximum Gasteiger partial charge on any atom is 0.314 e. The number of amides is 1. The number of carbonyl (C=O) groups excluding carboxylic acids is 1. The molecule has 1 amide bonds. The monoisotopic (exact) mass is 384 g/mol. The van der Waals surface area contributed by atoms with Gasteiger partial charge < -0.3 is 14.7 Å². The van der Waals surface area contributed by atoms with E-state index in [2.05, 4.69) is 0 Å². The number of aliphatic carboxylic acids is 1. The Kier molecular flexibility index (Phi) is 5.58.